The average molecular weight is 304 g/mol. The maximum Gasteiger partial charge on any atom is 0.223 e. The van der Waals surface area contributed by atoms with Crippen LogP contribution < -0.4 is 5.32 Å². The van der Waals surface area contributed by atoms with Gasteiger partial charge in [0.15, 0.2) is 11.4 Å². The van der Waals surface area contributed by atoms with E-state index in [9.17, 15) is 9.59 Å². The number of thioether (sulfide) groups is 1. The fourth-order valence-electron chi connectivity index (χ4n) is 2.12. The molecule has 1 aromatic carbocycles. The number of hydrogen-bond donors (Lipinski definition) is 1. The van der Waals surface area contributed by atoms with Crippen molar-refractivity contribution in [2.24, 2.45) is 0 Å². The van der Waals surface area contributed by atoms with Crippen LogP contribution in [-0.2, 0) is 9.59 Å². The molecule has 102 valence electrons. The highest BCUT2D eigenvalue weighted by Crippen LogP contribution is 2.36. The third-order valence-electron chi connectivity index (χ3n) is 3.03. The number of thiazole rings is 1. The molecule has 4 nitrogen and oxygen atoms in total. The van der Waals surface area contributed by atoms with E-state index in [1.54, 1.807) is 11.8 Å². The molecule has 2 aromatic rings. The summed E-state index contributed by atoms with van der Waals surface area (Å²) in [7, 11) is 0. The molecular weight excluding hydrogens is 292 g/mol. The molecule has 0 saturated carbocycles. The van der Waals surface area contributed by atoms with Crippen molar-refractivity contribution in [3.05, 3.63) is 34.7 Å². The summed E-state index contributed by atoms with van der Waals surface area (Å²) in [6, 6.07) is 6.09. The Labute approximate surface area is 124 Å². The summed E-state index contributed by atoms with van der Waals surface area (Å²) in [6.45, 7) is 1.47. The number of aromatic nitrogens is 1. The zero-order chi connectivity index (χ0) is 14.1. The van der Waals surface area contributed by atoms with Gasteiger partial charge in [0.05, 0.1) is 10.2 Å². The number of rotatable bonds is 3. The summed E-state index contributed by atoms with van der Waals surface area (Å²) in [4.78, 5) is 27.0. The van der Waals surface area contributed by atoms with Crippen LogP contribution in [0.1, 0.15) is 18.4 Å². The van der Waals surface area contributed by atoms with Gasteiger partial charge in [-0.3, -0.25) is 9.59 Å². The molecule has 0 radical (unpaired) electrons. The summed E-state index contributed by atoms with van der Waals surface area (Å²) in [5.74, 6) is 1.06. The molecule has 1 aliphatic heterocycles. The van der Waals surface area contributed by atoms with Gasteiger partial charge in [0.25, 0.3) is 0 Å². The molecule has 1 atom stereocenters. The lowest BCUT2D eigenvalue weighted by atomic mass is 10.0. The summed E-state index contributed by atoms with van der Waals surface area (Å²) >= 11 is 3.05. The van der Waals surface area contributed by atoms with Crippen molar-refractivity contribution in [3.63, 3.8) is 0 Å². The molecule has 1 aromatic heterocycles. The molecular formula is C14H12N2O2S2. The third-order valence-corrected chi connectivity index (χ3v) is 5.06. The lowest BCUT2D eigenvalue weighted by Gasteiger charge is -2.06. The molecule has 2 heterocycles. The van der Waals surface area contributed by atoms with Gasteiger partial charge in [0.1, 0.15) is 0 Å². The zero-order valence-electron chi connectivity index (χ0n) is 10.8. The van der Waals surface area contributed by atoms with E-state index in [-0.39, 0.29) is 11.8 Å². The van der Waals surface area contributed by atoms with Gasteiger partial charge < -0.3 is 5.32 Å². The Morgan fingerprint density at radius 3 is 3.05 bits per heavy atom. The summed E-state index contributed by atoms with van der Waals surface area (Å²) in [5, 5.41) is 3.33. The minimum atomic E-state index is -0.116. The second-order valence-corrected chi connectivity index (χ2v) is 6.66. The van der Waals surface area contributed by atoms with E-state index in [2.05, 4.69) is 16.4 Å². The van der Waals surface area contributed by atoms with E-state index < -0.39 is 0 Å². The summed E-state index contributed by atoms with van der Waals surface area (Å²) in [5.41, 5.74) is 2.06. The second-order valence-electron chi connectivity index (χ2n) is 4.53. The van der Waals surface area contributed by atoms with Gasteiger partial charge in [-0.05, 0) is 17.7 Å². The standard InChI is InChI=1S/C14H12N2O2S2/c1-8(18)15-14-16-12-3-2-9(5-13(12)20-14)10-4-11(6-17)19-7-10/h2-6,10H,7H2,1H3,(H,15,16,18). The van der Waals surface area contributed by atoms with Gasteiger partial charge in [-0.25, -0.2) is 4.98 Å². The van der Waals surface area contributed by atoms with Crippen LogP contribution in [0.3, 0.4) is 0 Å². The highest BCUT2D eigenvalue weighted by atomic mass is 32.2. The van der Waals surface area contributed by atoms with Gasteiger partial charge in [-0.15, -0.1) is 11.8 Å². The average Bonchev–Trinajstić information content (AvgIpc) is 3.02. The molecule has 0 aliphatic carbocycles. The van der Waals surface area contributed by atoms with E-state index in [4.69, 9.17) is 0 Å². The third kappa shape index (κ3) is 2.62. The Balaban J connectivity index is 1.92. The van der Waals surface area contributed by atoms with Gasteiger partial charge in [0, 0.05) is 23.5 Å². The summed E-state index contributed by atoms with van der Waals surface area (Å²) < 4.78 is 1.05. The predicted octanol–water partition coefficient (Wildman–Crippen LogP) is 3.17. The smallest absolute Gasteiger partial charge is 0.223 e. The Bertz CT molecular complexity index is 721. The Hall–Kier alpha value is -1.66. The van der Waals surface area contributed by atoms with Crippen molar-refractivity contribution in [2.45, 2.75) is 12.8 Å². The normalized spacial score (nSPS) is 18.1. The summed E-state index contributed by atoms with van der Waals surface area (Å²) in [6.07, 6.45) is 2.92. The van der Waals surface area contributed by atoms with Crippen molar-refractivity contribution in [1.29, 1.82) is 0 Å². The van der Waals surface area contributed by atoms with E-state index in [0.717, 1.165) is 27.2 Å². The Morgan fingerprint density at radius 1 is 1.50 bits per heavy atom. The number of fused-ring (bicyclic) bond motifs is 1. The van der Waals surface area contributed by atoms with Gasteiger partial charge in [-0.1, -0.05) is 23.5 Å². The van der Waals surface area contributed by atoms with Crippen molar-refractivity contribution in [2.75, 3.05) is 11.1 Å². The molecule has 0 spiro atoms. The lowest BCUT2D eigenvalue weighted by Crippen LogP contribution is -2.04. The van der Waals surface area contributed by atoms with E-state index >= 15 is 0 Å². The molecule has 1 unspecified atom stereocenters. The first-order chi connectivity index (χ1) is 9.65. The molecule has 0 fully saturated rings. The number of amides is 1. The highest BCUT2D eigenvalue weighted by Gasteiger charge is 2.18. The first kappa shape index (κ1) is 13.3. The Kier molecular flexibility index (Phi) is 3.58. The van der Waals surface area contributed by atoms with Gasteiger partial charge in [-0.2, -0.15) is 0 Å². The van der Waals surface area contributed by atoms with Crippen LogP contribution in [0.2, 0.25) is 0 Å². The zero-order valence-corrected chi connectivity index (χ0v) is 12.4. The van der Waals surface area contributed by atoms with Crippen LogP contribution in [0.25, 0.3) is 10.2 Å². The van der Waals surface area contributed by atoms with Crippen LogP contribution in [0, 0.1) is 0 Å². The van der Waals surface area contributed by atoms with Crippen LogP contribution in [0.15, 0.2) is 29.2 Å². The number of aldehydes is 1. The SMILES string of the molecule is CC(=O)Nc1nc2ccc(C3C=C(C=O)SC3)cc2s1. The number of hydrogen-bond acceptors (Lipinski definition) is 5. The lowest BCUT2D eigenvalue weighted by molar-refractivity contribution is -0.114. The maximum absolute atomic E-state index is 11.0. The number of carbonyl (C=O) groups is 2. The fourth-order valence-corrected chi connectivity index (χ4v) is 4.07. The monoisotopic (exact) mass is 304 g/mol. The quantitative estimate of drug-likeness (QED) is 0.885. The number of anilines is 1. The van der Waals surface area contributed by atoms with Gasteiger partial charge in [0.2, 0.25) is 5.91 Å². The highest BCUT2D eigenvalue weighted by molar-refractivity contribution is 8.04. The van der Waals surface area contributed by atoms with Crippen LogP contribution >= 0.6 is 23.1 Å². The van der Waals surface area contributed by atoms with Gasteiger partial charge >= 0.3 is 0 Å². The van der Waals surface area contributed by atoms with Crippen LogP contribution in [0.4, 0.5) is 5.13 Å². The topological polar surface area (TPSA) is 59.1 Å². The minimum absolute atomic E-state index is 0.116. The predicted molar refractivity (Wildman–Crippen MR) is 83.3 cm³/mol. The molecule has 1 N–H and O–H groups in total. The number of nitrogens with zero attached hydrogens (tertiary/aromatic N) is 1. The first-order valence-electron chi connectivity index (χ1n) is 6.13. The number of allylic oxidation sites excluding steroid dienone is 2. The van der Waals surface area contributed by atoms with Crippen LogP contribution in [-0.4, -0.2) is 22.9 Å². The van der Waals surface area contributed by atoms with Crippen LogP contribution in [0.5, 0.6) is 0 Å². The number of carbonyl (C=O) groups excluding carboxylic acids is 2. The van der Waals surface area contributed by atoms with Crippen molar-refractivity contribution in [3.8, 4) is 0 Å². The van der Waals surface area contributed by atoms with E-state index in [1.807, 2.05) is 18.2 Å². The molecule has 6 heteroatoms. The molecule has 0 bridgehead atoms. The minimum Gasteiger partial charge on any atom is -0.302 e. The maximum atomic E-state index is 11.0. The molecule has 3 rings (SSSR count). The molecule has 20 heavy (non-hydrogen) atoms. The van der Waals surface area contributed by atoms with Crippen molar-refractivity contribution < 1.29 is 9.59 Å². The largest absolute Gasteiger partial charge is 0.302 e. The first-order valence-corrected chi connectivity index (χ1v) is 7.94. The van der Waals surface area contributed by atoms with E-state index in [0.29, 0.717) is 5.13 Å². The number of benzene rings is 1. The Morgan fingerprint density at radius 2 is 2.35 bits per heavy atom. The van der Waals surface area contributed by atoms with Crippen molar-refractivity contribution in [1.82, 2.24) is 4.98 Å². The van der Waals surface area contributed by atoms with Crippen molar-refractivity contribution >= 4 is 50.6 Å². The fraction of sp³-hybridized carbons (Fsp3) is 0.214. The number of nitrogens with one attached hydrogen (secondary N) is 1. The molecule has 1 amide bonds. The molecule has 1 aliphatic rings. The van der Waals surface area contributed by atoms with E-state index in [1.165, 1.54) is 23.8 Å². The second kappa shape index (κ2) is 5.38. The molecule has 0 saturated heterocycles.